The molecule has 3 aromatic rings. The molecule has 3 rings (SSSR count). The second-order valence-electron chi connectivity index (χ2n) is 6.25. The third-order valence-electron chi connectivity index (χ3n) is 4.23. The van der Waals surface area contributed by atoms with E-state index < -0.39 is 0 Å². The van der Waals surface area contributed by atoms with Gasteiger partial charge >= 0.3 is 0 Å². The van der Waals surface area contributed by atoms with Crippen LogP contribution in [0.3, 0.4) is 0 Å². The van der Waals surface area contributed by atoms with Crippen LogP contribution >= 0.6 is 0 Å². The number of carbonyl (C=O) groups is 1. The van der Waals surface area contributed by atoms with E-state index in [4.69, 9.17) is 4.52 Å². The van der Waals surface area contributed by atoms with E-state index in [0.29, 0.717) is 25.4 Å². The third-order valence-corrected chi connectivity index (χ3v) is 4.23. The first-order valence-corrected chi connectivity index (χ1v) is 8.88. The maximum Gasteiger partial charge on any atom is 0.234 e. The van der Waals surface area contributed by atoms with Crippen molar-refractivity contribution in [2.24, 2.45) is 0 Å². The van der Waals surface area contributed by atoms with Crippen molar-refractivity contribution in [3.05, 3.63) is 77.8 Å². The van der Waals surface area contributed by atoms with Gasteiger partial charge in [-0.05, 0) is 24.2 Å². The lowest BCUT2D eigenvalue weighted by molar-refractivity contribution is -0.122. The van der Waals surface area contributed by atoms with Gasteiger partial charge in [0.05, 0.1) is 13.1 Å². The van der Waals surface area contributed by atoms with Gasteiger partial charge in [-0.15, -0.1) is 0 Å². The minimum atomic E-state index is -0.288. The Balaban J connectivity index is 1.52. The summed E-state index contributed by atoms with van der Waals surface area (Å²) in [6, 6.07) is 17.8. The molecule has 0 aliphatic carbocycles. The normalized spacial score (nSPS) is 10.9. The Labute approximate surface area is 157 Å². The van der Waals surface area contributed by atoms with Gasteiger partial charge in [-0.25, -0.2) is 4.39 Å². The second-order valence-corrected chi connectivity index (χ2v) is 6.25. The molecule has 0 aliphatic heterocycles. The van der Waals surface area contributed by atoms with Crippen molar-refractivity contribution in [3.63, 3.8) is 0 Å². The number of aromatic nitrogens is 1. The number of rotatable bonds is 8. The van der Waals surface area contributed by atoms with Crippen molar-refractivity contribution in [1.29, 1.82) is 0 Å². The fourth-order valence-electron chi connectivity index (χ4n) is 2.69. The van der Waals surface area contributed by atoms with Gasteiger partial charge in [-0.1, -0.05) is 54.5 Å². The standard InChI is InChI=1S/C21H22FN3O2/c1-2-25(15-21(26)23-13-16-8-10-18(22)11-9-16)14-19-12-20(24-27-19)17-6-4-3-5-7-17/h3-12H,2,13-15H2,1H3,(H,23,26). The molecule has 1 amide bonds. The zero-order chi connectivity index (χ0) is 19.1. The number of amides is 1. The summed E-state index contributed by atoms with van der Waals surface area (Å²) >= 11 is 0. The monoisotopic (exact) mass is 367 g/mol. The van der Waals surface area contributed by atoms with Gasteiger partial charge in [0.1, 0.15) is 11.5 Å². The smallest absolute Gasteiger partial charge is 0.234 e. The van der Waals surface area contributed by atoms with Gasteiger partial charge in [-0.2, -0.15) is 0 Å². The summed E-state index contributed by atoms with van der Waals surface area (Å²) < 4.78 is 18.3. The minimum Gasteiger partial charge on any atom is -0.359 e. The predicted molar refractivity (Wildman–Crippen MR) is 101 cm³/mol. The number of likely N-dealkylation sites (N-methyl/N-ethyl adjacent to an activating group) is 1. The molecule has 27 heavy (non-hydrogen) atoms. The van der Waals surface area contributed by atoms with Crippen LogP contribution in [0.1, 0.15) is 18.2 Å². The molecule has 2 aromatic carbocycles. The first kappa shape index (κ1) is 18.8. The highest BCUT2D eigenvalue weighted by atomic mass is 19.1. The summed E-state index contributed by atoms with van der Waals surface area (Å²) in [7, 11) is 0. The summed E-state index contributed by atoms with van der Waals surface area (Å²) in [5.74, 6) is 0.329. The molecule has 0 unspecified atom stereocenters. The number of halogens is 1. The molecule has 0 atom stereocenters. The van der Waals surface area contributed by atoms with Crippen LogP contribution in [0.4, 0.5) is 4.39 Å². The molecule has 0 bridgehead atoms. The van der Waals surface area contributed by atoms with Crippen molar-refractivity contribution < 1.29 is 13.7 Å². The summed E-state index contributed by atoms with van der Waals surface area (Å²) in [5.41, 5.74) is 2.63. The Morgan fingerprint density at radius 3 is 2.59 bits per heavy atom. The van der Waals surface area contributed by atoms with Gasteiger partial charge in [-0.3, -0.25) is 9.69 Å². The highest BCUT2D eigenvalue weighted by Gasteiger charge is 2.13. The summed E-state index contributed by atoms with van der Waals surface area (Å²) in [6.07, 6.45) is 0. The maximum absolute atomic E-state index is 12.9. The van der Waals surface area contributed by atoms with Crippen LogP contribution in [0.2, 0.25) is 0 Å². The highest BCUT2D eigenvalue weighted by Crippen LogP contribution is 2.19. The summed E-state index contributed by atoms with van der Waals surface area (Å²) in [4.78, 5) is 14.2. The Kier molecular flexibility index (Phi) is 6.33. The van der Waals surface area contributed by atoms with E-state index in [-0.39, 0.29) is 18.3 Å². The minimum absolute atomic E-state index is 0.0935. The molecule has 1 N–H and O–H groups in total. The molecular formula is C21H22FN3O2. The van der Waals surface area contributed by atoms with E-state index in [1.165, 1.54) is 12.1 Å². The number of hydrogen-bond donors (Lipinski definition) is 1. The van der Waals surface area contributed by atoms with Crippen LogP contribution in [-0.4, -0.2) is 29.1 Å². The number of nitrogens with one attached hydrogen (secondary N) is 1. The number of benzene rings is 2. The van der Waals surface area contributed by atoms with Crippen molar-refractivity contribution in [2.45, 2.75) is 20.0 Å². The number of nitrogens with zero attached hydrogens (tertiary/aromatic N) is 2. The van der Waals surface area contributed by atoms with E-state index in [1.54, 1.807) is 12.1 Å². The van der Waals surface area contributed by atoms with Crippen molar-refractivity contribution in [1.82, 2.24) is 15.4 Å². The van der Waals surface area contributed by atoms with Crippen molar-refractivity contribution in [3.8, 4) is 11.3 Å². The molecule has 0 saturated carbocycles. The fraction of sp³-hybridized carbons (Fsp3) is 0.238. The number of hydrogen-bond acceptors (Lipinski definition) is 4. The van der Waals surface area contributed by atoms with Crippen LogP contribution < -0.4 is 5.32 Å². The quantitative estimate of drug-likeness (QED) is 0.661. The highest BCUT2D eigenvalue weighted by molar-refractivity contribution is 5.78. The topological polar surface area (TPSA) is 58.4 Å². The van der Waals surface area contributed by atoms with Crippen LogP contribution in [0.25, 0.3) is 11.3 Å². The lowest BCUT2D eigenvalue weighted by atomic mass is 10.1. The SMILES string of the molecule is CCN(CC(=O)NCc1ccc(F)cc1)Cc1cc(-c2ccccc2)no1. The van der Waals surface area contributed by atoms with Crippen LogP contribution in [-0.2, 0) is 17.9 Å². The van der Waals surface area contributed by atoms with Crippen molar-refractivity contribution in [2.75, 3.05) is 13.1 Å². The molecule has 0 spiro atoms. The zero-order valence-electron chi connectivity index (χ0n) is 15.2. The van der Waals surface area contributed by atoms with Gasteiger partial charge in [0.2, 0.25) is 5.91 Å². The average Bonchev–Trinajstić information content (AvgIpc) is 3.16. The first-order chi connectivity index (χ1) is 13.1. The predicted octanol–water partition coefficient (Wildman–Crippen LogP) is 3.62. The molecule has 140 valence electrons. The largest absolute Gasteiger partial charge is 0.359 e. The molecule has 0 fully saturated rings. The van der Waals surface area contributed by atoms with Gasteiger partial charge in [0.15, 0.2) is 5.76 Å². The number of carbonyl (C=O) groups excluding carboxylic acids is 1. The Morgan fingerprint density at radius 1 is 1.15 bits per heavy atom. The molecule has 6 heteroatoms. The maximum atomic E-state index is 12.9. The van der Waals surface area contributed by atoms with Crippen LogP contribution in [0.5, 0.6) is 0 Å². The molecular weight excluding hydrogens is 345 g/mol. The average molecular weight is 367 g/mol. The van der Waals surface area contributed by atoms with E-state index in [0.717, 1.165) is 16.8 Å². The first-order valence-electron chi connectivity index (χ1n) is 8.88. The molecule has 0 aliphatic rings. The van der Waals surface area contributed by atoms with E-state index in [2.05, 4.69) is 10.5 Å². The van der Waals surface area contributed by atoms with Crippen LogP contribution in [0, 0.1) is 5.82 Å². The molecule has 0 saturated heterocycles. The molecule has 5 nitrogen and oxygen atoms in total. The third kappa shape index (κ3) is 5.49. The molecule has 1 heterocycles. The van der Waals surface area contributed by atoms with Gasteiger partial charge in [0, 0.05) is 18.2 Å². The lowest BCUT2D eigenvalue weighted by Gasteiger charge is -2.18. The van der Waals surface area contributed by atoms with Crippen LogP contribution in [0.15, 0.2) is 65.2 Å². The zero-order valence-corrected chi connectivity index (χ0v) is 15.2. The Hall–Kier alpha value is -2.99. The van der Waals surface area contributed by atoms with E-state index in [1.807, 2.05) is 48.2 Å². The second kappa shape index (κ2) is 9.09. The van der Waals surface area contributed by atoms with E-state index in [9.17, 15) is 9.18 Å². The lowest BCUT2D eigenvalue weighted by Crippen LogP contribution is -2.36. The molecule has 0 radical (unpaired) electrons. The molecule has 1 aromatic heterocycles. The van der Waals surface area contributed by atoms with Gasteiger partial charge < -0.3 is 9.84 Å². The Morgan fingerprint density at radius 2 is 1.89 bits per heavy atom. The van der Waals surface area contributed by atoms with E-state index >= 15 is 0 Å². The van der Waals surface area contributed by atoms with Crippen molar-refractivity contribution >= 4 is 5.91 Å². The Bertz CT molecular complexity index is 863. The van der Waals surface area contributed by atoms with Gasteiger partial charge in [0.25, 0.3) is 0 Å². The summed E-state index contributed by atoms with van der Waals surface area (Å²) in [5, 5.41) is 6.95. The fourth-order valence-corrected chi connectivity index (χ4v) is 2.69. The summed E-state index contributed by atoms with van der Waals surface area (Å²) in [6.45, 7) is 3.81.